The van der Waals surface area contributed by atoms with Gasteiger partial charge in [-0.1, -0.05) is 0 Å². The fraction of sp³-hybridized carbons (Fsp3) is 0.278. The van der Waals surface area contributed by atoms with Gasteiger partial charge in [-0.15, -0.1) is 0 Å². The van der Waals surface area contributed by atoms with Crippen molar-refractivity contribution in [3.63, 3.8) is 0 Å². The highest BCUT2D eigenvalue weighted by Gasteiger charge is 2.17. The molecule has 0 atom stereocenters. The van der Waals surface area contributed by atoms with E-state index in [2.05, 4.69) is 9.97 Å². The molecule has 0 aliphatic heterocycles. The normalized spacial score (nSPS) is 10.8. The van der Waals surface area contributed by atoms with Crippen LogP contribution in [0.15, 0.2) is 41.1 Å². The minimum absolute atomic E-state index is 0.0106. The van der Waals surface area contributed by atoms with Crippen LogP contribution in [0, 0.1) is 22.9 Å². The molecule has 2 heterocycles. The van der Waals surface area contributed by atoms with Gasteiger partial charge >= 0.3 is 11.8 Å². The number of esters is 1. The topological polar surface area (TPSA) is 113 Å². The largest absolute Gasteiger partial charge is 0.461 e. The molecular weight excluding hydrogens is 371 g/mol. The Labute approximate surface area is 158 Å². The second kappa shape index (κ2) is 8.42. The minimum atomic E-state index is -0.539. The summed E-state index contributed by atoms with van der Waals surface area (Å²) in [5.74, 6) is 0.338. The van der Waals surface area contributed by atoms with Crippen LogP contribution in [0.4, 0.5) is 10.2 Å². The van der Waals surface area contributed by atoms with Crippen LogP contribution >= 0.6 is 0 Å². The van der Waals surface area contributed by atoms with Crippen LogP contribution in [0.1, 0.15) is 18.1 Å². The number of nitro groups is 1. The number of hydrogen-bond donors (Lipinski definition) is 0. The third-order valence-electron chi connectivity index (χ3n) is 4.02. The molecule has 28 heavy (non-hydrogen) atoms. The van der Waals surface area contributed by atoms with Crippen molar-refractivity contribution in [2.45, 2.75) is 26.3 Å². The second-order valence-electron chi connectivity index (χ2n) is 5.92. The molecule has 0 radical (unpaired) electrons. The lowest BCUT2D eigenvalue weighted by Gasteiger charge is -2.05. The van der Waals surface area contributed by atoms with Crippen molar-refractivity contribution in [2.24, 2.45) is 0 Å². The maximum Gasteiger partial charge on any atom is 0.342 e. The van der Waals surface area contributed by atoms with Crippen LogP contribution in [-0.4, -0.2) is 32.0 Å². The molecule has 0 N–H and O–H groups in total. The summed E-state index contributed by atoms with van der Waals surface area (Å²) in [6.45, 7) is 1.76. The number of nitrogens with zero attached hydrogens (tertiary/aromatic N) is 4. The van der Waals surface area contributed by atoms with Gasteiger partial charge in [0.15, 0.2) is 17.5 Å². The van der Waals surface area contributed by atoms with E-state index in [-0.39, 0.29) is 37.6 Å². The molecule has 0 unspecified atom stereocenters. The first-order chi connectivity index (χ1) is 13.4. The predicted octanol–water partition coefficient (Wildman–Crippen LogP) is 3.07. The summed E-state index contributed by atoms with van der Waals surface area (Å²) < 4.78 is 25.0. The molecule has 146 valence electrons. The third kappa shape index (κ3) is 4.58. The summed E-state index contributed by atoms with van der Waals surface area (Å²) >= 11 is 0. The van der Waals surface area contributed by atoms with Crippen molar-refractivity contribution in [3.8, 4) is 11.3 Å². The Kier molecular flexibility index (Phi) is 5.78. The number of rotatable bonds is 8. The number of halogens is 1. The monoisotopic (exact) mass is 388 g/mol. The Hall–Kier alpha value is -3.56. The Bertz CT molecular complexity index is 980. The summed E-state index contributed by atoms with van der Waals surface area (Å²) in [7, 11) is 0. The molecular formula is C18H17FN4O5. The quantitative estimate of drug-likeness (QED) is 0.331. The zero-order valence-electron chi connectivity index (χ0n) is 15.0. The Morgan fingerprint density at radius 1 is 1.29 bits per heavy atom. The van der Waals surface area contributed by atoms with E-state index in [1.807, 2.05) is 0 Å². The first-order valence-electron chi connectivity index (χ1n) is 8.47. The maximum atomic E-state index is 13.0. The standard InChI is InChI=1S/C18H17FN4O5/c1-12-20-11-17(23(25)26)22(12)8-9-27-18(24)7-6-16-21-10-15(28-16)13-2-4-14(19)5-3-13/h2-5,10-11H,6-9H2,1H3. The fourth-order valence-electron chi connectivity index (χ4n) is 2.58. The Balaban J connectivity index is 1.47. The number of hydrogen-bond acceptors (Lipinski definition) is 7. The van der Waals surface area contributed by atoms with Crippen LogP contribution < -0.4 is 0 Å². The fourth-order valence-corrected chi connectivity index (χ4v) is 2.58. The molecule has 1 aromatic carbocycles. The second-order valence-corrected chi connectivity index (χ2v) is 5.92. The van der Waals surface area contributed by atoms with Gasteiger partial charge < -0.3 is 19.3 Å². The summed E-state index contributed by atoms with van der Waals surface area (Å²) in [4.78, 5) is 30.2. The van der Waals surface area contributed by atoms with E-state index >= 15 is 0 Å². The molecule has 0 aliphatic carbocycles. The SMILES string of the molecule is Cc1ncc([N+](=O)[O-])n1CCOC(=O)CCc1ncc(-c2ccc(F)cc2)o1. The molecule has 10 heteroatoms. The van der Waals surface area contributed by atoms with Gasteiger partial charge in [-0.25, -0.2) is 18.9 Å². The smallest absolute Gasteiger partial charge is 0.342 e. The molecule has 9 nitrogen and oxygen atoms in total. The van der Waals surface area contributed by atoms with E-state index in [1.54, 1.807) is 19.1 Å². The highest BCUT2D eigenvalue weighted by atomic mass is 19.1. The zero-order chi connectivity index (χ0) is 20.1. The molecule has 0 bridgehead atoms. The van der Waals surface area contributed by atoms with E-state index in [4.69, 9.17) is 9.15 Å². The summed E-state index contributed by atoms with van der Waals surface area (Å²) in [5, 5.41) is 10.9. The lowest BCUT2D eigenvalue weighted by atomic mass is 10.2. The minimum Gasteiger partial charge on any atom is -0.461 e. The molecule has 0 saturated carbocycles. The average Bonchev–Trinajstić information content (AvgIpc) is 3.28. The Morgan fingerprint density at radius 2 is 2.04 bits per heavy atom. The van der Waals surface area contributed by atoms with Crippen molar-refractivity contribution >= 4 is 11.8 Å². The maximum absolute atomic E-state index is 13.0. The number of ether oxygens (including phenoxy) is 1. The number of oxazole rings is 1. The van der Waals surface area contributed by atoms with Crippen LogP contribution in [0.3, 0.4) is 0 Å². The molecule has 3 aromatic rings. The van der Waals surface area contributed by atoms with E-state index < -0.39 is 10.9 Å². The van der Waals surface area contributed by atoms with Gasteiger partial charge in [-0.2, -0.15) is 0 Å². The van der Waals surface area contributed by atoms with Crippen LogP contribution in [0.5, 0.6) is 0 Å². The number of benzene rings is 1. The zero-order valence-corrected chi connectivity index (χ0v) is 15.0. The van der Waals surface area contributed by atoms with Crippen LogP contribution in [0.25, 0.3) is 11.3 Å². The predicted molar refractivity (Wildman–Crippen MR) is 94.8 cm³/mol. The third-order valence-corrected chi connectivity index (χ3v) is 4.02. The van der Waals surface area contributed by atoms with Crippen LogP contribution in [-0.2, 0) is 22.5 Å². The van der Waals surface area contributed by atoms with Gasteiger partial charge in [-0.3, -0.25) is 4.79 Å². The molecule has 0 spiro atoms. The first-order valence-corrected chi connectivity index (χ1v) is 8.47. The lowest BCUT2D eigenvalue weighted by Crippen LogP contribution is -2.14. The van der Waals surface area contributed by atoms with Gasteiger partial charge in [0.25, 0.3) is 0 Å². The number of aryl methyl sites for hydroxylation is 2. The van der Waals surface area contributed by atoms with E-state index in [9.17, 15) is 19.3 Å². The summed E-state index contributed by atoms with van der Waals surface area (Å²) in [5.41, 5.74) is 0.681. The van der Waals surface area contributed by atoms with Crippen LogP contribution in [0.2, 0.25) is 0 Å². The van der Waals surface area contributed by atoms with Crippen molar-refractivity contribution in [1.29, 1.82) is 0 Å². The van der Waals surface area contributed by atoms with Crippen molar-refractivity contribution in [2.75, 3.05) is 6.61 Å². The molecule has 0 saturated heterocycles. The van der Waals surface area contributed by atoms with Gasteiger partial charge in [0.1, 0.15) is 25.2 Å². The lowest BCUT2D eigenvalue weighted by molar-refractivity contribution is -0.392. The highest BCUT2D eigenvalue weighted by Crippen LogP contribution is 2.21. The van der Waals surface area contributed by atoms with Gasteiger partial charge in [-0.05, 0) is 29.2 Å². The van der Waals surface area contributed by atoms with Gasteiger partial charge in [0.05, 0.1) is 12.6 Å². The van der Waals surface area contributed by atoms with Gasteiger partial charge in [0.2, 0.25) is 0 Å². The highest BCUT2D eigenvalue weighted by molar-refractivity contribution is 5.69. The van der Waals surface area contributed by atoms with Crippen molar-refractivity contribution in [3.05, 3.63) is 64.3 Å². The van der Waals surface area contributed by atoms with Crippen molar-refractivity contribution < 1.29 is 23.3 Å². The molecule has 0 aliphatic rings. The summed E-state index contributed by atoms with van der Waals surface area (Å²) in [6, 6.07) is 5.79. The molecule has 3 rings (SSSR count). The number of aromatic nitrogens is 3. The van der Waals surface area contributed by atoms with Crippen molar-refractivity contribution in [1.82, 2.24) is 14.5 Å². The molecule has 2 aromatic heterocycles. The first kappa shape index (κ1) is 19.2. The summed E-state index contributed by atoms with van der Waals surface area (Å²) in [6.07, 6.45) is 2.96. The molecule has 0 fully saturated rings. The Morgan fingerprint density at radius 3 is 2.75 bits per heavy atom. The average molecular weight is 388 g/mol. The van der Waals surface area contributed by atoms with E-state index in [0.29, 0.717) is 23.0 Å². The van der Waals surface area contributed by atoms with Gasteiger partial charge in [0, 0.05) is 18.9 Å². The number of carbonyl (C=O) groups is 1. The van der Waals surface area contributed by atoms with E-state index in [1.165, 1.54) is 29.1 Å². The molecule has 0 amide bonds. The number of imidazole rings is 1. The van der Waals surface area contributed by atoms with E-state index in [0.717, 1.165) is 0 Å². The number of carbonyl (C=O) groups excluding carboxylic acids is 1.